The minimum Gasteiger partial charge on any atom is -0.399 e. The molecule has 0 saturated carbocycles. The second-order valence-electron chi connectivity index (χ2n) is 8.40. The van der Waals surface area contributed by atoms with Gasteiger partial charge in [-0.3, -0.25) is 14.7 Å². The highest BCUT2D eigenvalue weighted by Gasteiger charge is 2.25. The van der Waals surface area contributed by atoms with Gasteiger partial charge in [0.05, 0.1) is 18.3 Å². The molecule has 4 N–H and O–H groups in total. The Hall–Kier alpha value is -3.39. The van der Waals surface area contributed by atoms with Gasteiger partial charge in [0.2, 0.25) is 5.91 Å². The lowest BCUT2D eigenvalue weighted by Crippen LogP contribution is -2.48. The molecule has 1 aliphatic heterocycles. The average Bonchev–Trinajstić information content (AvgIpc) is 3.29. The molecule has 0 radical (unpaired) electrons. The number of nitrogen functional groups attached to an aromatic ring is 1. The topological polar surface area (TPSA) is 107 Å². The van der Waals surface area contributed by atoms with E-state index < -0.39 is 0 Å². The van der Waals surface area contributed by atoms with Gasteiger partial charge in [0.15, 0.2) is 0 Å². The van der Waals surface area contributed by atoms with Crippen LogP contribution in [0.1, 0.15) is 28.8 Å². The van der Waals surface area contributed by atoms with Crippen molar-refractivity contribution in [2.45, 2.75) is 25.3 Å². The summed E-state index contributed by atoms with van der Waals surface area (Å²) in [6.07, 6.45) is 4.48. The van der Waals surface area contributed by atoms with Gasteiger partial charge in [-0.1, -0.05) is 24.3 Å². The Labute approximate surface area is 187 Å². The summed E-state index contributed by atoms with van der Waals surface area (Å²) >= 11 is 0. The van der Waals surface area contributed by atoms with Crippen LogP contribution in [0.2, 0.25) is 0 Å². The molecule has 8 nitrogen and oxygen atoms in total. The number of carbonyl (C=O) groups excluding carboxylic acids is 2. The number of hydrogen-bond donors (Lipinski definition) is 3. The average molecular weight is 435 g/mol. The molecule has 4 rings (SSSR count). The Morgan fingerprint density at radius 3 is 2.78 bits per heavy atom. The molecule has 2 heterocycles. The van der Waals surface area contributed by atoms with E-state index in [1.165, 1.54) is 5.56 Å². The van der Waals surface area contributed by atoms with Crippen molar-refractivity contribution in [2.24, 2.45) is 0 Å². The first-order chi connectivity index (χ1) is 15.5. The predicted molar refractivity (Wildman–Crippen MR) is 125 cm³/mol. The van der Waals surface area contributed by atoms with E-state index in [4.69, 9.17) is 5.73 Å². The van der Waals surface area contributed by atoms with E-state index in [0.717, 1.165) is 42.4 Å². The maximum Gasteiger partial charge on any atom is 0.251 e. The summed E-state index contributed by atoms with van der Waals surface area (Å²) in [6, 6.07) is 13.7. The molecular weight excluding hydrogens is 404 g/mol. The van der Waals surface area contributed by atoms with E-state index in [2.05, 4.69) is 33.5 Å². The molecule has 2 amide bonds. The number of likely N-dealkylation sites (tertiary alicyclic amines) is 1. The molecule has 168 valence electrons. The van der Waals surface area contributed by atoms with E-state index in [1.807, 2.05) is 29.2 Å². The molecule has 0 unspecified atom stereocenters. The SMILES string of the molecule is CN(CCc1ccccc1N)C1CCN(C(=O)CNC(=O)c2ccc3cn[nH]c3c2)CC1. The fourth-order valence-electron chi connectivity index (χ4n) is 4.25. The van der Waals surface area contributed by atoms with Crippen LogP contribution >= 0.6 is 0 Å². The van der Waals surface area contributed by atoms with Crippen molar-refractivity contribution >= 4 is 28.4 Å². The number of hydrogen-bond acceptors (Lipinski definition) is 5. The summed E-state index contributed by atoms with van der Waals surface area (Å²) in [5, 5.41) is 10.5. The molecule has 32 heavy (non-hydrogen) atoms. The highest BCUT2D eigenvalue weighted by atomic mass is 16.2. The second kappa shape index (κ2) is 9.82. The lowest BCUT2D eigenvalue weighted by molar-refractivity contribution is -0.131. The zero-order valence-corrected chi connectivity index (χ0v) is 18.4. The first kappa shape index (κ1) is 21.8. The number of para-hydroxylation sites is 1. The number of fused-ring (bicyclic) bond motifs is 1. The molecule has 0 atom stereocenters. The molecule has 0 bridgehead atoms. The van der Waals surface area contributed by atoms with Crippen LogP contribution in [0.4, 0.5) is 5.69 Å². The van der Waals surface area contributed by atoms with Crippen molar-refractivity contribution in [3.05, 3.63) is 59.8 Å². The van der Waals surface area contributed by atoms with Gasteiger partial charge in [0.1, 0.15) is 0 Å². The second-order valence-corrected chi connectivity index (χ2v) is 8.40. The van der Waals surface area contributed by atoms with Crippen LogP contribution < -0.4 is 11.1 Å². The summed E-state index contributed by atoms with van der Waals surface area (Å²) in [7, 11) is 2.14. The quantitative estimate of drug-likeness (QED) is 0.493. The van der Waals surface area contributed by atoms with Gasteiger partial charge < -0.3 is 20.9 Å². The monoisotopic (exact) mass is 434 g/mol. The van der Waals surface area contributed by atoms with Gasteiger partial charge in [-0.15, -0.1) is 0 Å². The van der Waals surface area contributed by atoms with Crippen molar-refractivity contribution in [3.63, 3.8) is 0 Å². The number of nitrogens with zero attached hydrogens (tertiary/aromatic N) is 3. The largest absolute Gasteiger partial charge is 0.399 e. The number of benzene rings is 2. The number of carbonyl (C=O) groups is 2. The van der Waals surface area contributed by atoms with Crippen LogP contribution in [0.5, 0.6) is 0 Å². The van der Waals surface area contributed by atoms with Crippen molar-refractivity contribution in [1.82, 2.24) is 25.3 Å². The molecule has 3 aromatic rings. The molecule has 1 aromatic heterocycles. The Kier molecular flexibility index (Phi) is 6.70. The van der Waals surface area contributed by atoms with Gasteiger partial charge >= 0.3 is 0 Å². The van der Waals surface area contributed by atoms with Gasteiger partial charge in [-0.2, -0.15) is 5.10 Å². The van der Waals surface area contributed by atoms with Crippen LogP contribution in [-0.2, 0) is 11.2 Å². The smallest absolute Gasteiger partial charge is 0.251 e. The summed E-state index contributed by atoms with van der Waals surface area (Å²) in [5.41, 5.74) is 9.37. The van der Waals surface area contributed by atoms with Crippen LogP contribution in [0, 0.1) is 0 Å². The molecule has 1 fully saturated rings. The number of likely N-dealkylation sites (N-methyl/N-ethyl adjacent to an activating group) is 1. The van der Waals surface area contributed by atoms with Crippen molar-refractivity contribution in [3.8, 4) is 0 Å². The van der Waals surface area contributed by atoms with Gasteiger partial charge in [0.25, 0.3) is 5.91 Å². The number of nitrogens with one attached hydrogen (secondary N) is 2. The third kappa shape index (κ3) is 5.08. The number of aromatic amines is 1. The summed E-state index contributed by atoms with van der Waals surface area (Å²) < 4.78 is 0. The van der Waals surface area contributed by atoms with Gasteiger partial charge in [0, 0.05) is 42.3 Å². The third-order valence-corrected chi connectivity index (χ3v) is 6.33. The fraction of sp³-hybridized carbons (Fsp3) is 0.375. The van der Waals surface area contributed by atoms with Crippen LogP contribution in [0.3, 0.4) is 0 Å². The standard InChI is InChI=1S/C24H30N6O2/c1-29(11-8-17-4-2-3-5-21(17)25)20-9-12-30(13-10-20)23(31)16-26-24(32)18-6-7-19-15-27-28-22(19)14-18/h2-7,14-15,20H,8-13,16,25H2,1H3,(H,26,32)(H,27,28). The number of piperidine rings is 1. The van der Waals surface area contributed by atoms with E-state index in [-0.39, 0.29) is 18.4 Å². The minimum atomic E-state index is -0.260. The lowest BCUT2D eigenvalue weighted by Gasteiger charge is -2.37. The summed E-state index contributed by atoms with van der Waals surface area (Å²) in [6.45, 7) is 2.35. The Bertz CT molecular complexity index is 1090. The Morgan fingerprint density at radius 1 is 1.22 bits per heavy atom. The molecular formula is C24H30N6O2. The first-order valence-corrected chi connectivity index (χ1v) is 11.0. The van der Waals surface area contributed by atoms with Crippen LogP contribution in [0.15, 0.2) is 48.7 Å². The van der Waals surface area contributed by atoms with Gasteiger partial charge in [-0.25, -0.2) is 0 Å². The molecule has 2 aromatic carbocycles. The van der Waals surface area contributed by atoms with Crippen LogP contribution in [-0.4, -0.2) is 71.1 Å². The number of H-pyrrole nitrogens is 1. The molecule has 0 aliphatic carbocycles. The Morgan fingerprint density at radius 2 is 2.00 bits per heavy atom. The zero-order valence-electron chi connectivity index (χ0n) is 18.4. The van der Waals surface area contributed by atoms with E-state index in [0.29, 0.717) is 24.7 Å². The highest BCUT2D eigenvalue weighted by molar-refractivity contribution is 5.99. The maximum absolute atomic E-state index is 12.6. The van der Waals surface area contributed by atoms with E-state index in [9.17, 15) is 9.59 Å². The first-order valence-electron chi connectivity index (χ1n) is 11.0. The van der Waals surface area contributed by atoms with E-state index >= 15 is 0 Å². The number of amides is 2. The minimum absolute atomic E-state index is 0.00758. The van der Waals surface area contributed by atoms with Crippen molar-refractivity contribution in [1.29, 1.82) is 0 Å². The number of nitrogens with two attached hydrogens (primary N) is 1. The number of anilines is 1. The van der Waals surface area contributed by atoms with Crippen molar-refractivity contribution in [2.75, 3.05) is 39.0 Å². The third-order valence-electron chi connectivity index (χ3n) is 6.33. The van der Waals surface area contributed by atoms with Gasteiger partial charge in [-0.05, 0) is 50.1 Å². The van der Waals surface area contributed by atoms with Crippen LogP contribution in [0.25, 0.3) is 10.9 Å². The van der Waals surface area contributed by atoms with Crippen molar-refractivity contribution < 1.29 is 9.59 Å². The maximum atomic E-state index is 12.6. The van der Waals surface area contributed by atoms with E-state index in [1.54, 1.807) is 18.3 Å². The number of aromatic nitrogens is 2. The molecule has 8 heteroatoms. The fourth-order valence-corrected chi connectivity index (χ4v) is 4.25. The Balaban J connectivity index is 1.21. The lowest BCUT2D eigenvalue weighted by atomic mass is 10.0. The molecule has 0 spiro atoms. The zero-order chi connectivity index (χ0) is 22.5. The normalized spacial score (nSPS) is 14.8. The number of rotatable bonds is 7. The highest BCUT2D eigenvalue weighted by Crippen LogP contribution is 2.18. The summed E-state index contributed by atoms with van der Waals surface area (Å²) in [5.74, 6) is -0.302. The predicted octanol–water partition coefficient (Wildman–Crippen LogP) is 2.04. The summed E-state index contributed by atoms with van der Waals surface area (Å²) in [4.78, 5) is 29.2. The molecule has 1 aliphatic rings. The molecule has 1 saturated heterocycles.